The van der Waals surface area contributed by atoms with Gasteiger partial charge in [-0.1, -0.05) is 61.2 Å². The molecule has 0 saturated carbocycles. The molecule has 2 aromatic carbocycles. The molecule has 0 aromatic heterocycles. The van der Waals surface area contributed by atoms with Crippen LogP contribution in [0.5, 0.6) is 0 Å². The maximum atomic E-state index is 9.21. The molecule has 0 spiro atoms. The Morgan fingerprint density at radius 3 is 2.68 bits per heavy atom. The Kier molecular flexibility index (Phi) is 4.45. The first kappa shape index (κ1) is 14.7. The lowest BCUT2D eigenvalue weighted by atomic mass is 9.99. The van der Waals surface area contributed by atoms with Crippen LogP contribution in [0, 0.1) is 11.3 Å². The summed E-state index contributed by atoms with van der Waals surface area (Å²) in [4.78, 5) is 0. The van der Waals surface area contributed by atoms with E-state index >= 15 is 0 Å². The Hall–Kier alpha value is -2.25. The van der Waals surface area contributed by atoms with E-state index in [1.807, 2.05) is 29.8 Å². The molecule has 1 aliphatic heterocycles. The first-order valence-corrected chi connectivity index (χ1v) is 8.29. The maximum absolute atomic E-state index is 9.21. The van der Waals surface area contributed by atoms with E-state index in [-0.39, 0.29) is 0 Å². The molecule has 0 radical (unpaired) electrons. The van der Waals surface area contributed by atoms with Crippen molar-refractivity contribution in [1.82, 2.24) is 5.01 Å². The fraction of sp³-hybridized carbons (Fsp3) is 0.222. The van der Waals surface area contributed by atoms with Gasteiger partial charge in [-0.3, -0.25) is 5.01 Å². The van der Waals surface area contributed by atoms with Gasteiger partial charge in [0.05, 0.1) is 29.1 Å². The van der Waals surface area contributed by atoms with Crippen LogP contribution in [0.2, 0.25) is 0 Å². The second-order valence-electron chi connectivity index (χ2n) is 5.17. The SMILES string of the molecule is CCC1SC=NN1Cc1ccc(-c2ccccc2C#N)cc1. The van der Waals surface area contributed by atoms with Crippen molar-refractivity contribution in [2.24, 2.45) is 5.10 Å². The van der Waals surface area contributed by atoms with E-state index in [2.05, 4.69) is 47.4 Å². The number of hydrogen-bond acceptors (Lipinski definition) is 4. The van der Waals surface area contributed by atoms with Crippen LogP contribution in [0.25, 0.3) is 11.1 Å². The molecule has 3 nitrogen and oxygen atoms in total. The van der Waals surface area contributed by atoms with E-state index in [0.717, 1.165) is 24.1 Å². The van der Waals surface area contributed by atoms with Crippen LogP contribution in [0.4, 0.5) is 0 Å². The van der Waals surface area contributed by atoms with Gasteiger partial charge >= 0.3 is 0 Å². The number of rotatable bonds is 4. The van der Waals surface area contributed by atoms with Crippen molar-refractivity contribution in [3.63, 3.8) is 0 Å². The maximum Gasteiger partial charge on any atom is 0.0998 e. The van der Waals surface area contributed by atoms with Gasteiger partial charge in [0.15, 0.2) is 0 Å². The van der Waals surface area contributed by atoms with Gasteiger partial charge in [-0.05, 0) is 29.2 Å². The van der Waals surface area contributed by atoms with Crippen molar-refractivity contribution < 1.29 is 0 Å². The first-order valence-electron chi connectivity index (χ1n) is 7.35. The van der Waals surface area contributed by atoms with Gasteiger partial charge in [-0.2, -0.15) is 10.4 Å². The highest BCUT2D eigenvalue weighted by molar-refractivity contribution is 8.12. The predicted molar refractivity (Wildman–Crippen MR) is 92.3 cm³/mol. The zero-order chi connectivity index (χ0) is 15.4. The molecule has 0 saturated heterocycles. The summed E-state index contributed by atoms with van der Waals surface area (Å²) in [6.07, 6.45) is 1.08. The van der Waals surface area contributed by atoms with Gasteiger partial charge in [0.2, 0.25) is 0 Å². The monoisotopic (exact) mass is 307 g/mol. The highest BCUT2D eigenvalue weighted by Crippen LogP contribution is 2.27. The third-order valence-corrected chi connectivity index (χ3v) is 4.86. The molecule has 1 heterocycles. The van der Waals surface area contributed by atoms with Crippen molar-refractivity contribution in [1.29, 1.82) is 5.26 Å². The third kappa shape index (κ3) is 3.00. The molecular weight excluding hydrogens is 290 g/mol. The summed E-state index contributed by atoms with van der Waals surface area (Å²) in [5.74, 6) is 0. The Bertz CT molecular complexity index is 716. The Balaban J connectivity index is 1.79. The Morgan fingerprint density at radius 1 is 1.18 bits per heavy atom. The smallest absolute Gasteiger partial charge is 0.0998 e. The summed E-state index contributed by atoms with van der Waals surface area (Å²) < 4.78 is 0. The quantitative estimate of drug-likeness (QED) is 0.837. The minimum atomic E-state index is 0.444. The van der Waals surface area contributed by atoms with E-state index in [1.54, 1.807) is 11.8 Å². The lowest BCUT2D eigenvalue weighted by Crippen LogP contribution is -2.23. The molecule has 0 aliphatic carbocycles. The number of nitriles is 1. The average Bonchev–Trinajstić information content (AvgIpc) is 3.02. The van der Waals surface area contributed by atoms with Gasteiger partial charge < -0.3 is 0 Å². The second-order valence-corrected chi connectivity index (χ2v) is 6.20. The van der Waals surface area contributed by atoms with Gasteiger partial charge in [0.1, 0.15) is 0 Å². The summed E-state index contributed by atoms with van der Waals surface area (Å²) in [7, 11) is 0. The number of nitrogens with zero attached hydrogens (tertiary/aromatic N) is 3. The summed E-state index contributed by atoms with van der Waals surface area (Å²) in [5.41, 5.74) is 5.93. The number of thioether (sulfide) groups is 1. The van der Waals surface area contributed by atoms with Crippen molar-refractivity contribution in [3.8, 4) is 17.2 Å². The molecule has 1 atom stereocenters. The van der Waals surface area contributed by atoms with Crippen molar-refractivity contribution in [2.45, 2.75) is 25.3 Å². The summed E-state index contributed by atoms with van der Waals surface area (Å²) in [6.45, 7) is 3.00. The molecule has 3 rings (SSSR count). The minimum absolute atomic E-state index is 0.444. The topological polar surface area (TPSA) is 39.4 Å². The van der Waals surface area contributed by atoms with Crippen molar-refractivity contribution in [3.05, 3.63) is 59.7 Å². The molecule has 22 heavy (non-hydrogen) atoms. The molecule has 1 unspecified atom stereocenters. The van der Waals surface area contributed by atoms with Crippen LogP contribution in [-0.2, 0) is 6.54 Å². The van der Waals surface area contributed by atoms with Crippen molar-refractivity contribution in [2.75, 3.05) is 0 Å². The molecule has 0 bridgehead atoms. The molecule has 110 valence electrons. The predicted octanol–water partition coefficient (Wildman–Crippen LogP) is 4.45. The lowest BCUT2D eigenvalue weighted by molar-refractivity contribution is 0.264. The van der Waals surface area contributed by atoms with Gasteiger partial charge in [0, 0.05) is 0 Å². The first-order chi connectivity index (χ1) is 10.8. The number of hydrogen-bond donors (Lipinski definition) is 0. The van der Waals surface area contributed by atoms with Crippen LogP contribution in [0.3, 0.4) is 0 Å². The zero-order valence-electron chi connectivity index (χ0n) is 12.4. The third-order valence-electron chi connectivity index (χ3n) is 3.75. The van der Waals surface area contributed by atoms with Crippen LogP contribution < -0.4 is 0 Å². The van der Waals surface area contributed by atoms with E-state index in [4.69, 9.17) is 0 Å². The van der Waals surface area contributed by atoms with Gasteiger partial charge in [-0.15, -0.1) is 0 Å². The van der Waals surface area contributed by atoms with Gasteiger partial charge in [0.25, 0.3) is 0 Å². The molecule has 0 fully saturated rings. The molecule has 0 amide bonds. The van der Waals surface area contributed by atoms with E-state index in [9.17, 15) is 5.26 Å². The number of hydrazone groups is 1. The highest BCUT2D eigenvalue weighted by atomic mass is 32.2. The average molecular weight is 307 g/mol. The van der Waals surface area contributed by atoms with Gasteiger partial charge in [-0.25, -0.2) is 0 Å². The van der Waals surface area contributed by atoms with Crippen LogP contribution >= 0.6 is 11.8 Å². The Morgan fingerprint density at radius 2 is 1.95 bits per heavy atom. The van der Waals surface area contributed by atoms with E-state index in [1.165, 1.54) is 5.56 Å². The largest absolute Gasteiger partial charge is 0.279 e. The van der Waals surface area contributed by atoms with Crippen LogP contribution in [-0.4, -0.2) is 15.9 Å². The zero-order valence-corrected chi connectivity index (χ0v) is 13.3. The summed E-state index contributed by atoms with van der Waals surface area (Å²) in [5, 5.41) is 16.2. The summed E-state index contributed by atoms with van der Waals surface area (Å²) >= 11 is 1.77. The molecular formula is C18H17N3S. The molecule has 4 heteroatoms. The second kappa shape index (κ2) is 6.67. The minimum Gasteiger partial charge on any atom is -0.279 e. The van der Waals surface area contributed by atoms with E-state index < -0.39 is 0 Å². The van der Waals surface area contributed by atoms with E-state index in [0.29, 0.717) is 10.9 Å². The highest BCUT2D eigenvalue weighted by Gasteiger charge is 2.19. The van der Waals surface area contributed by atoms with Crippen molar-refractivity contribution >= 4 is 17.3 Å². The standard InChI is InChI=1S/C18H17N3S/c1-2-18-21(20-13-22-18)12-14-7-9-15(10-8-14)17-6-4-3-5-16(17)11-19/h3-10,13,18H,2,12H2,1H3. The normalized spacial score (nSPS) is 16.7. The van der Waals surface area contributed by atoms with Crippen LogP contribution in [0.15, 0.2) is 53.6 Å². The fourth-order valence-electron chi connectivity index (χ4n) is 2.56. The van der Waals surface area contributed by atoms with Crippen LogP contribution in [0.1, 0.15) is 24.5 Å². The lowest BCUT2D eigenvalue weighted by Gasteiger charge is -2.21. The number of benzene rings is 2. The molecule has 1 aliphatic rings. The Labute approximate surface area is 135 Å². The molecule has 0 N–H and O–H groups in total. The fourth-order valence-corrected chi connectivity index (χ4v) is 3.34. The summed E-state index contributed by atoms with van der Waals surface area (Å²) in [6, 6.07) is 18.4. The molecule has 2 aromatic rings.